The van der Waals surface area contributed by atoms with Gasteiger partial charge in [0.05, 0.1) is 24.9 Å². The highest BCUT2D eigenvalue weighted by Crippen LogP contribution is 2.22. The number of carboxylic acids is 1. The van der Waals surface area contributed by atoms with Crippen molar-refractivity contribution in [2.45, 2.75) is 19.1 Å². The Morgan fingerprint density at radius 3 is 2.67 bits per heavy atom. The Balaban J connectivity index is 2.16. The van der Waals surface area contributed by atoms with Gasteiger partial charge >= 0.3 is 5.97 Å². The summed E-state index contributed by atoms with van der Waals surface area (Å²) >= 11 is 0. The normalized spacial score (nSPS) is 24.0. The number of carboxylic acid groups (broad SMARTS) is 1. The lowest BCUT2D eigenvalue weighted by atomic mass is 10.1. The SMILES string of the molecule is CC1COC(CO)CN1c1ccc(C(=O)O)cc1. The number of benzene rings is 1. The van der Waals surface area contributed by atoms with Gasteiger partial charge < -0.3 is 19.8 Å². The van der Waals surface area contributed by atoms with E-state index in [0.717, 1.165) is 5.69 Å². The first-order valence-electron chi connectivity index (χ1n) is 5.94. The van der Waals surface area contributed by atoms with E-state index in [4.69, 9.17) is 14.9 Å². The number of hydrogen-bond donors (Lipinski definition) is 2. The summed E-state index contributed by atoms with van der Waals surface area (Å²) < 4.78 is 5.47. The van der Waals surface area contributed by atoms with E-state index in [1.807, 2.05) is 6.92 Å². The Bertz CT molecular complexity index is 418. The molecule has 1 fully saturated rings. The van der Waals surface area contributed by atoms with E-state index in [1.54, 1.807) is 24.3 Å². The van der Waals surface area contributed by atoms with Crippen LogP contribution in [0, 0.1) is 0 Å². The molecule has 5 nitrogen and oxygen atoms in total. The Morgan fingerprint density at radius 2 is 2.11 bits per heavy atom. The molecule has 0 bridgehead atoms. The molecule has 0 saturated carbocycles. The van der Waals surface area contributed by atoms with E-state index in [1.165, 1.54) is 0 Å². The first-order chi connectivity index (χ1) is 8.61. The van der Waals surface area contributed by atoms with Crippen molar-refractivity contribution in [1.82, 2.24) is 0 Å². The van der Waals surface area contributed by atoms with E-state index in [0.29, 0.717) is 13.2 Å². The predicted molar refractivity (Wildman–Crippen MR) is 67.0 cm³/mol. The number of aliphatic hydroxyl groups is 1. The fraction of sp³-hybridized carbons (Fsp3) is 0.462. The van der Waals surface area contributed by atoms with Crippen molar-refractivity contribution in [3.05, 3.63) is 29.8 Å². The molecule has 0 aromatic heterocycles. The Hall–Kier alpha value is -1.59. The van der Waals surface area contributed by atoms with Crippen molar-refractivity contribution in [2.24, 2.45) is 0 Å². The first-order valence-corrected chi connectivity index (χ1v) is 5.94. The first kappa shape index (κ1) is 12.9. The number of ether oxygens (including phenoxy) is 1. The van der Waals surface area contributed by atoms with E-state index in [-0.39, 0.29) is 24.3 Å². The average molecular weight is 251 g/mol. The van der Waals surface area contributed by atoms with Gasteiger partial charge in [-0.05, 0) is 31.2 Å². The molecular weight excluding hydrogens is 234 g/mol. The summed E-state index contributed by atoms with van der Waals surface area (Å²) in [6, 6.07) is 6.98. The minimum absolute atomic E-state index is 0.00354. The summed E-state index contributed by atoms with van der Waals surface area (Å²) in [5, 5.41) is 18.0. The number of carbonyl (C=O) groups is 1. The summed E-state index contributed by atoms with van der Waals surface area (Å²) in [7, 11) is 0. The minimum atomic E-state index is -0.926. The summed E-state index contributed by atoms with van der Waals surface area (Å²) in [4.78, 5) is 12.9. The third-order valence-corrected chi connectivity index (χ3v) is 3.16. The predicted octanol–water partition coefficient (Wildman–Crippen LogP) is 0.971. The van der Waals surface area contributed by atoms with Gasteiger partial charge in [0.1, 0.15) is 0 Å². The van der Waals surface area contributed by atoms with Gasteiger partial charge in [-0.2, -0.15) is 0 Å². The maximum Gasteiger partial charge on any atom is 0.335 e. The van der Waals surface area contributed by atoms with Crippen LogP contribution in [0.15, 0.2) is 24.3 Å². The number of anilines is 1. The van der Waals surface area contributed by atoms with Crippen LogP contribution in [0.3, 0.4) is 0 Å². The molecule has 0 radical (unpaired) electrons. The van der Waals surface area contributed by atoms with Crippen LogP contribution in [0.4, 0.5) is 5.69 Å². The Labute approximate surface area is 106 Å². The molecule has 2 unspecified atom stereocenters. The molecule has 1 aromatic carbocycles. The molecule has 1 aliphatic rings. The lowest BCUT2D eigenvalue weighted by Crippen LogP contribution is -2.49. The summed E-state index contributed by atoms with van der Waals surface area (Å²) in [6.45, 7) is 3.21. The topological polar surface area (TPSA) is 70.0 Å². The molecule has 0 spiro atoms. The minimum Gasteiger partial charge on any atom is -0.478 e. The van der Waals surface area contributed by atoms with E-state index < -0.39 is 5.97 Å². The number of aliphatic hydroxyl groups excluding tert-OH is 1. The fourth-order valence-corrected chi connectivity index (χ4v) is 2.08. The second kappa shape index (κ2) is 5.37. The second-order valence-corrected chi connectivity index (χ2v) is 4.49. The van der Waals surface area contributed by atoms with Crippen molar-refractivity contribution in [1.29, 1.82) is 0 Å². The van der Waals surface area contributed by atoms with Gasteiger partial charge in [-0.3, -0.25) is 0 Å². The zero-order chi connectivity index (χ0) is 13.1. The van der Waals surface area contributed by atoms with E-state index >= 15 is 0 Å². The van der Waals surface area contributed by atoms with Crippen LogP contribution >= 0.6 is 0 Å². The smallest absolute Gasteiger partial charge is 0.335 e. The monoisotopic (exact) mass is 251 g/mol. The molecule has 2 rings (SSSR count). The molecule has 2 atom stereocenters. The highest BCUT2D eigenvalue weighted by molar-refractivity contribution is 5.88. The molecule has 2 N–H and O–H groups in total. The highest BCUT2D eigenvalue weighted by atomic mass is 16.5. The van der Waals surface area contributed by atoms with Crippen molar-refractivity contribution >= 4 is 11.7 Å². The third-order valence-electron chi connectivity index (χ3n) is 3.16. The fourth-order valence-electron chi connectivity index (χ4n) is 2.08. The van der Waals surface area contributed by atoms with Crippen LogP contribution in [-0.4, -0.2) is 48.1 Å². The maximum absolute atomic E-state index is 10.8. The van der Waals surface area contributed by atoms with Crippen molar-refractivity contribution in [3.8, 4) is 0 Å². The molecule has 98 valence electrons. The molecule has 1 heterocycles. The zero-order valence-electron chi connectivity index (χ0n) is 10.2. The van der Waals surface area contributed by atoms with E-state index in [2.05, 4.69) is 4.90 Å². The highest BCUT2D eigenvalue weighted by Gasteiger charge is 2.25. The van der Waals surface area contributed by atoms with Crippen LogP contribution in [0.5, 0.6) is 0 Å². The Kier molecular flexibility index (Phi) is 3.84. The van der Waals surface area contributed by atoms with Crippen molar-refractivity contribution < 1.29 is 19.7 Å². The van der Waals surface area contributed by atoms with Gasteiger partial charge in [0.2, 0.25) is 0 Å². The van der Waals surface area contributed by atoms with Gasteiger partial charge in [-0.15, -0.1) is 0 Å². The molecular formula is C13H17NO4. The molecule has 0 aliphatic carbocycles. The molecule has 1 aliphatic heterocycles. The lowest BCUT2D eigenvalue weighted by molar-refractivity contribution is -0.0103. The van der Waals surface area contributed by atoms with Gasteiger partial charge in [0, 0.05) is 18.3 Å². The average Bonchev–Trinajstić information content (AvgIpc) is 2.39. The molecule has 1 aromatic rings. The molecule has 18 heavy (non-hydrogen) atoms. The molecule has 5 heteroatoms. The third kappa shape index (κ3) is 2.63. The standard InChI is InChI=1S/C13H17NO4/c1-9-8-18-12(7-15)6-14(9)11-4-2-10(3-5-11)13(16)17/h2-5,9,12,15H,6-8H2,1H3,(H,16,17). The number of rotatable bonds is 3. The summed E-state index contributed by atoms with van der Waals surface area (Å²) in [5.41, 5.74) is 1.23. The zero-order valence-corrected chi connectivity index (χ0v) is 10.2. The van der Waals surface area contributed by atoms with Crippen LogP contribution in [-0.2, 0) is 4.74 Å². The van der Waals surface area contributed by atoms with Crippen LogP contribution in [0.25, 0.3) is 0 Å². The van der Waals surface area contributed by atoms with Crippen molar-refractivity contribution in [3.63, 3.8) is 0 Å². The van der Waals surface area contributed by atoms with E-state index in [9.17, 15) is 4.79 Å². The van der Waals surface area contributed by atoms with Crippen LogP contribution in [0.1, 0.15) is 17.3 Å². The quantitative estimate of drug-likeness (QED) is 0.837. The Morgan fingerprint density at radius 1 is 1.44 bits per heavy atom. The van der Waals surface area contributed by atoms with Gasteiger partial charge in [-0.25, -0.2) is 4.79 Å². The molecule has 0 amide bonds. The summed E-state index contributed by atoms with van der Waals surface area (Å²) in [5.74, 6) is -0.926. The van der Waals surface area contributed by atoms with Crippen LogP contribution in [0.2, 0.25) is 0 Å². The van der Waals surface area contributed by atoms with Crippen molar-refractivity contribution in [2.75, 3.05) is 24.7 Å². The lowest BCUT2D eigenvalue weighted by Gasteiger charge is -2.39. The molecule has 1 saturated heterocycles. The van der Waals surface area contributed by atoms with Gasteiger partial charge in [-0.1, -0.05) is 0 Å². The second-order valence-electron chi connectivity index (χ2n) is 4.49. The number of hydrogen-bond acceptors (Lipinski definition) is 4. The van der Waals surface area contributed by atoms with Gasteiger partial charge in [0.15, 0.2) is 0 Å². The number of aromatic carboxylic acids is 1. The number of morpholine rings is 1. The van der Waals surface area contributed by atoms with Gasteiger partial charge in [0.25, 0.3) is 0 Å². The maximum atomic E-state index is 10.8. The van der Waals surface area contributed by atoms with Crippen LogP contribution < -0.4 is 4.90 Å². The summed E-state index contributed by atoms with van der Waals surface area (Å²) in [6.07, 6.45) is -0.180. The number of nitrogens with zero attached hydrogens (tertiary/aromatic N) is 1. The largest absolute Gasteiger partial charge is 0.478 e.